The van der Waals surface area contributed by atoms with Crippen molar-refractivity contribution in [3.63, 3.8) is 0 Å². The molecule has 1 atom stereocenters. The number of nitrogens with two attached hydrogens (primary N) is 1. The van der Waals surface area contributed by atoms with Gasteiger partial charge in [-0.2, -0.15) is 0 Å². The van der Waals surface area contributed by atoms with Crippen molar-refractivity contribution in [2.45, 2.75) is 11.3 Å². The van der Waals surface area contributed by atoms with Crippen LogP contribution in [0.15, 0.2) is 33.6 Å². The van der Waals surface area contributed by atoms with Crippen molar-refractivity contribution < 1.29 is 0 Å². The number of para-hydroxylation sites is 1. The van der Waals surface area contributed by atoms with E-state index in [2.05, 4.69) is 28.1 Å². The summed E-state index contributed by atoms with van der Waals surface area (Å²) in [7, 11) is 0.0318. The number of benzene rings is 1. The molecule has 13 heavy (non-hydrogen) atoms. The van der Waals surface area contributed by atoms with Crippen LogP contribution in [0.4, 0.5) is 5.69 Å². The Morgan fingerprint density at radius 1 is 1.38 bits per heavy atom. The van der Waals surface area contributed by atoms with Crippen LogP contribution in [-0.4, -0.2) is 12.3 Å². The second kappa shape index (κ2) is 3.89. The number of hydrogen-bond acceptors (Lipinski definition) is 3. The van der Waals surface area contributed by atoms with Gasteiger partial charge in [0.15, 0.2) is 0 Å². The number of nitrogens with zero attached hydrogens (tertiary/aromatic N) is 1. The molecule has 1 aliphatic rings. The maximum atomic E-state index is 5.47. The number of anilines is 1. The molecule has 1 aromatic carbocycles. The molecule has 0 bridgehead atoms. The van der Waals surface area contributed by atoms with Crippen molar-refractivity contribution in [1.29, 1.82) is 0 Å². The molecular formula is C9H13N3S. The molecule has 0 amide bonds. The van der Waals surface area contributed by atoms with E-state index in [1.807, 2.05) is 6.07 Å². The molecule has 70 valence electrons. The summed E-state index contributed by atoms with van der Waals surface area (Å²) in [5.74, 6) is 1.07. The fourth-order valence-electron chi connectivity index (χ4n) is 1.29. The van der Waals surface area contributed by atoms with Crippen molar-refractivity contribution in [3.8, 4) is 0 Å². The molecule has 0 saturated carbocycles. The van der Waals surface area contributed by atoms with Crippen LogP contribution in [-0.2, 0) is 10.7 Å². The Kier molecular flexibility index (Phi) is 2.61. The van der Waals surface area contributed by atoms with Crippen LogP contribution in [0.1, 0.15) is 6.42 Å². The summed E-state index contributed by atoms with van der Waals surface area (Å²) in [6, 6.07) is 8.29. The Balaban J connectivity index is 2.16. The van der Waals surface area contributed by atoms with Crippen LogP contribution in [0.25, 0.3) is 0 Å². The Morgan fingerprint density at radius 3 is 3.08 bits per heavy atom. The summed E-state index contributed by atoms with van der Waals surface area (Å²) in [5.41, 5.74) is 9.68. The van der Waals surface area contributed by atoms with Gasteiger partial charge in [0, 0.05) is 10.6 Å². The summed E-state index contributed by atoms with van der Waals surface area (Å²) in [6.45, 7) is 0.751. The fraction of sp³-hybridized carbons (Fsp3) is 0.333. The largest absolute Gasteiger partial charge is 0.330 e. The Labute approximate surface area is 80.4 Å². The van der Waals surface area contributed by atoms with Gasteiger partial charge < -0.3 is 5.73 Å². The van der Waals surface area contributed by atoms with E-state index >= 15 is 0 Å². The molecule has 3 N–H and O–H groups in total. The molecule has 0 aliphatic carbocycles. The summed E-state index contributed by atoms with van der Waals surface area (Å²) >= 11 is 0. The third-order valence-electron chi connectivity index (χ3n) is 1.96. The lowest BCUT2D eigenvalue weighted by Gasteiger charge is -2.00. The van der Waals surface area contributed by atoms with Gasteiger partial charge in [0.2, 0.25) is 0 Å². The molecule has 0 aromatic heterocycles. The molecule has 0 fully saturated rings. The van der Waals surface area contributed by atoms with Gasteiger partial charge in [-0.25, -0.2) is 0 Å². The van der Waals surface area contributed by atoms with Crippen LogP contribution in [0.2, 0.25) is 0 Å². The maximum Gasteiger partial charge on any atom is 0.0713 e. The Hall–Kier alpha value is -0.870. The van der Waals surface area contributed by atoms with Gasteiger partial charge in [0.05, 0.1) is 5.69 Å². The quantitative estimate of drug-likeness (QED) is 0.768. The van der Waals surface area contributed by atoms with Crippen LogP contribution >= 0.6 is 0 Å². The van der Waals surface area contributed by atoms with E-state index in [4.69, 9.17) is 5.73 Å². The lowest BCUT2D eigenvalue weighted by atomic mass is 10.3. The predicted molar refractivity (Wildman–Crippen MR) is 56.7 cm³/mol. The Morgan fingerprint density at radius 2 is 2.23 bits per heavy atom. The zero-order chi connectivity index (χ0) is 9.10. The average molecular weight is 195 g/mol. The highest BCUT2D eigenvalue weighted by atomic mass is 32.2. The van der Waals surface area contributed by atoms with Gasteiger partial charge >= 0.3 is 0 Å². The summed E-state index contributed by atoms with van der Waals surface area (Å²) in [5, 5.41) is 0. The normalized spacial score (nSPS) is 19.0. The van der Waals surface area contributed by atoms with E-state index in [0.29, 0.717) is 0 Å². The number of rotatable bonds is 3. The third kappa shape index (κ3) is 1.73. The highest BCUT2D eigenvalue weighted by Crippen LogP contribution is 2.26. The first-order chi connectivity index (χ1) is 6.42. The predicted octanol–water partition coefficient (Wildman–Crippen LogP) is 1.54. The highest BCUT2D eigenvalue weighted by molar-refractivity contribution is 7.87. The first-order valence-electron chi connectivity index (χ1n) is 4.38. The fourth-order valence-corrected chi connectivity index (χ4v) is 2.95. The number of hydrogen-bond donors (Lipinski definition) is 2. The van der Waals surface area contributed by atoms with Crippen LogP contribution < -0.4 is 11.2 Å². The van der Waals surface area contributed by atoms with E-state index in [-0.39, 0.29) is 10.7 Å². The van der Waals surface area contributed by atoms with E-state index in [0.717, 1.165) is 24.4 Å². The first kappa shape index (κ1) is 8.72. The topological polar surface area (TPSA) is 50.4 Å². The lowest BCUT2D eigenvalue weighted by molar-refractivity contribution is 0.940. The molecule has 2 rings (SSSR count). The zero-order valence-electron chi connectivity index (χ0n) is 7.36. The van der Waals surface area contributed by atoms with E-state index in [1.54, 1.807) is 0 Å². The molecule has 1 aliphatic heterocycles. The zero-order valence-corrected chi connectivity index (χ0v) is 8.18. The Bertz CT molecular complexity index is 335. The molecule has 1 aromatic rings. The second-order valence-electron chi connectivity index (χ2n) is 2.91. The molecule has 1 unspecified atom stereocenters. The van der Waals surface area contributed by atoms with Crippen molar-refractivity contribution >= 4 is 16.4 Å². The summed E-state index contributed by atoms with van der Waals surface area (Å²) < 4.78 is 4.36. The van der Waals surface area contributed by atoms with Crippen molar-refractivity contribution in [3.05, 3.63) is 24.3 Å². The number of nitrogens with one attached hydrogen (secondary N) is 1. The lowest BCUT2D eigenvalue weighted by Crippen LogP contribution is -2.04. The smallest absolute Gasteiger partial charge is 0.0713 e. The van der Waals surface area contributed by atoms with E-state index in [9.17, 15) is 0 Å². The molecule has 0 spiro atoms. The van der Waals surface area contributed by atoms with Gasteiger partial charge in [0.1, 0.15) is 0 Å². The molecule has 4 heteroatoms. The highest BCUT2D eigenvalue weighted by Gasteiger charge is 2.12. The SMILES string of the molecule is NCCCS1=NNc2ccccc21. The minimum Gasteiger partial charge on any atom is -0.330 e. The van der Waals surface area contributed by atoms with Crippen LogP contribution in [0, 0.1) is 0 Å². The molecule has 1 heterocycles. The summed E-state index contributed by atoms with van der Waals surface area (Å²) in [4.78, 5) is 1.33. The first-order valence-corrected chi connectivity index (χ1v) is 5.74. The number of fused-ring (bicyclic) bond motifs is 1. The maximum absolute atomic E-state index is 5.47. The second-order valence-corrected chi connectivity index (χ2v) is 4.67. The van der Waals surface area contributed by atoms with Gasteiger partial charge in [-0.15, -0.1) is 4.47 Å². The minimum atomic E-state index is 0.0318. The van der Waals surface area contributed by atoms with Gasteiger partial charge in [-0.05, 0) is 35.8 Å². The van der Waals surface area contributed by atoms with Crippen LogP contribution in [0.3, 0.4) is 0 Å². The van der Waals surface area contributed by atoms with Crippen LogP contribution in [0.5, 0.6) is 0 Å². The van der Waals surface area contributed by atoms with Gasteiger partial charge in [-0.1, -0.05) is 12.1 Å². The van der Waals surface area contributed by atoms with Gasteiger partial charge in [0.25, 0.3) is 0 Å². The molecule has 0 saturated heterocycles. The molecular weight excluding hydrogens is 182 g/mol. The van der Waals surface area contributed by atoms with E-state index in [1.165, 1.54) is 4.90 Å². The molecule has 0 radical (unpaired) electrons. The van der Waals surface area contributed by atoms with E-state index < -0.39 is 0 Å². The monoisotopic (exact) mass is 195 g/mol. The average Bonchev–Trinajstić information content (AvgIpc) is 2.58. The minimum absolute atomic E-state index is 0.0318. The van der Waals surface area contributed by atoms with Crippen molar-refractivity contribution in [2.24, 2.45) is 10.2 Å². The van der Waals surface area contributed by atoms with Gasteiger partial charge in [-0.3, -0.25) is 5.43 Å². The van der Waals surface area contributed by atoms with Crippen molar-refractivity contribution in [2.75, 3.05) is 17.7 Å². The molecule has 3 nitrogen and oxygen atoms in total. The summed E-state index contributed by atoms with van der Waals surface area (Å²) in [6.07, 6.45) is 1.04. The standard InChI is InChI=1S/C9H13N3S/c10-6-3-7-13-9-5-2-1-4-8(9)11-12-13/h1-2,4-5,11H,3,6-7,10H2. The van der Waals surface area contributed by atoms with Crippen molar-refractivity contribution in [1.82, 2.24) is 0 Å². The third-order valence-corrected chi connectivity index (χ3v) is 3.81.